The molecule has 1 aromatic heterocycles. The average molecular weight is 401 g/mol. The second kappa shape index (κ2) is 10.1. The number of nitrogens with zero attached hydrogens (tertiary/aromatic N) is 5. The lowest BCUT2D eigenvalue weighted by molar-refractivity contribution is 0.198. The molecule has 158 valence electrons. The van der Waals surface area contributed by atoms with Gasteiger partial charge in [0, 0.05) is 26.2 Å². The van der Waals surface area contributed by atoms with Gasteiger partial charge < -0.3 is 19.7 Å². The number of rotatable bonds is 8. The Labute approximate surface area is 172 Å². The third-order valence-electron chi connectivity index (χ3n) is 5.15. The smallest absolute Gasteiger partial charge is 0.194 e. The molecule has 1 aromatic carbocycles. The van der Waals surface area contributed by atoms with Gasteiger partial charge in [-0.05, 0) is 38.7 Å². The molecule has 1 heterocycles. The van der Waals surface area contributed by atoms with Crippen LogP contribution in [0.3, 0.4) is 0 Å². The molecule has 0 bridgehead atoms. The van der Waals surface area contributed by atoms with E-state index in [1.54, 1.807) is 18.1 Å². The molecule has 0 saturated heterocycles. The Morgan fingerprint density at radius 3 is 2.79 bits per heavy atom. The lowest BCUT2D eigenvalue weighted by atomic mass is 10.1. The van der Waals surface area contributed by atoms with Crippen molar-refractivity contribution in [3.8, 4) is 11.5 Å². The molecule has 0 atom stereocenters. The zero-order valence-corrected chi connectivity index (χ0v) is 17.9. The van der Waals surface area contributed by atoms with Crippen molar-refractivity contribution >= 4 is 5.96 Å². The van der Waals surface area contributed by atoms with Gasteiger partial charge in [-0.3, -0.25) is 4.68 Å². The zero-order valence-electron chi connectivity index (χ0n) is 17.9. The van der Waals surface area contributed by atoms with Gasteiger partial charge in [-0.1, -0.05) is 12.1 Å². The maximum atomic E-state index is 6.33. The first-order valence-corrected chi connectivity index (χ1v) is 10.3. The number of aryl methyl sites for hydroxylation is 1. The van der Waals surface area contributed by atoms with E-state index in [0.717, 1.165) is 48.2 Å². The summed E-state index contributed by atoms with van der Waals surface area (Å²) in [5.74, 6) is 3.27. The van der Waals surface area contributed by atoms with Gasteiger partial charge in [-0.25, -0.2) is 9.98 Å². The lowest BCUT2D eigenvalue weighted by Gasteiger charge is -2.22. The van der Waals surface area contributed by atoms with Crippen LogP contribution < -0.4 is 14.8 Å². The highest BCUT2D eigenvalue weighted by atomic mass is 16.5. The van der Waals surface area contributed by atoms with Crippen molar-refractivity contribution in [2.24, 2.45) is 12.0 Å². The van der Waals surface area contributed by atoms with Crippen LogP contribution in [0.1, 0.15) is 44.0 Å². The van der Waals surface area contributed by atoms with E-state index >= 15 is 0 Å². The Balaban J connectivity index is 1.78. The van der Waals surface area contributed by atoms with E-state index in [9.17, 15) is 0 Å². The third kappa shape index (κ3) is 5.40. The Hall–Kier alpha value is -2.77. The number of hydrogen-bond donors (Lipinski definition) is 1. The van der Waals surface area contributed by atoms with Gasteiger partial charge in [0.25, 0.3) is 0 Å². The van der Waals surface area contributed by atoms with Gasteiger partial charge in [-0.2, -0.15) is 5.10 Å². The van der Waals surface area contributed by atoms with Crippen molar-refractivity contribution in [1.82, 2.24) is 25.0 Å². The van der Waals surface area contributed by atoms with Crippen LogP contribution in [0.2, 0.25) is 0 Å². The minimum Gasteiger partial charge on any atom is -0.493 e. The second-order valence-electron chi connectivity index (χ2n) is 7.30. The van der Waals surface area contributed by atoms with Gasteiger partial charge in [0.1, 0.15) is 12.2 Å². The van der Waals surface area contributed by atoms with Crippen molar-refractivity contribution in [2.45, 2.75) is 51.8 Å². The molecule has 8 nitrogen and oxygen atoms in total. The molecule has 0 amide bonds. The summed E-state index contributed by atoms with van der Waals surface area (Å²) in [6, 6.07) is 5.99. The number of methoxy groups -OCH3 is 1. The predicted octanol–water partition coefficient (Wildman–Crippen LogP) is 2.74. The first-order valence-electron chi connectivity index (χ1n) is 10.3. The summed E-state index contributed by atoms with van der Waals surface area (Å²) >= 11 is 0. The van der Waals surface area contributed by atoms with E-state index in [1.165, 1.54) is 12.8 Å². The van der Waals surface area contributed by atoms with Crippen LogP contribution in [0.25, 0.3) is 0 Å². The molecule has 0 aliphatic heterocycles. The summed E-state index contributed by atoms with van der Waals surface area (Å²) in [6.07, 6.45) is 6.49. The number of guanidine groups is 1. The minimum absolute atomic E-state index is 0.265. The van der Waals surface area contributed by atoms with Crippen LogP contribution in [0, 0.1) is 0 Å². The summed E-state index contributed by atoms with van der Waals surface area (Å²) in [6.45, 7) is 3.97. The fourth-order valence-corrected chi connectivity index (χ4v) is 3.53. The predicted molar refractivity (Wildman–Crippen MR) is 113 cm³/mol. The van der Waals surface area contributed by atoms with E-state index in [4.69, 9.17) is 14.5 Å². The van der Waals surface area contributed by atoms with Gasteiger partial charge in [0.2, 0.25) is 0 Å². The quantitative estimate of drug-likeness (QED) is 0.542. The van der Waals surface area contributed by atoms with Gasteiger partial charge >= 0.3 is 0 Å². The second-order valence-corrected chi connectivity index (χ2v) is 7.30. The van der Waals surface area contributed by atoms with E-state index in [-0.39, 0.29) is 6.10 Å². The first kappa shape index (κ1) is 21.0. The van der Waals surface area contributed by atoms with Crippen LogP contribution >= 0.6 is 0 Å². The standard InChI is InChI=1S/C21H32N6O2/c1-5-22-21(26(2)14-19-24-15-25-27(19)3)23-13-16-9-8-12-18(28-4)20(16)29-17-10-6-7-11-17/h8-9,12,15,17H,5-7,10-11,13-14H2,1-4H3,(H,22,23). The van der Waals surface area contributed by atoms with Crippen LogP contribution in [0.4, 0.5) is 0 Å². The number of para-hydroxylation sites is 1. The largest absolute Gasteiger partial charge is 0.493 e. The number of nitrogens with one attached hydrogen (secondary N) is 1. The highest BCUT2D eigenvalue weighted by molar-refractivity contribution is 5.79. The van der Waals surface area contributed by atoms with E-state index < -0.39 is 0 Å². The molecule has 1 N–H and O–H groups in total. The van der Waals surface area contributed by atoms with Crippen LogP contribution in [0.5, 0.6) is 11.5 Å². The van der Waals surface area contributed by atoms with Crippen molar-refractivity contribution in [2.75, 3.05) is 20.7 Å². The van der Waals surface area contributed by atoms with Crippen molar-refractivity contribution in [1.29, 1.82) is 0 Å². The van der Waals surface area contributed by atoms with E-state index in [2.05, 4.69) is 28.4 Å². The molecular formula is C21H32N6O2. The number of aromatic nitrogens is 3. The van der Waals surface area contributed by atoms with Gasteiger partial charge in [-0.15, -0.1) is 0 Å². The zero-order chi connectivity index (χ0) is 20.6. The summed E-state index contributed by atoms with van der Waals surface area (Å²) in [5, 5.41) is 7.49. The third-order valence-corrected chi connectivity index (χ3v) is 5.15. The normalized spacial score (nSPS) is 14.8. The van der Waals surface area contributed by atoms with Crippen molar-refractivity contribution in [3.63, 3.8) is 0 Å². The molecule has 1 aliphatic rings. The van der Waals surface area contributed by atoms with E-state index in [0.29, 0.717) is 13.1 Å². The Kier molecular flexibility index (Phi) is 7.32. The van der Waals surface area contributed by atoms with Crippen molar-refractivity contribution in [3.05, 3.63) is 35.9 Å². The Morgan fingerprint density at radius 2 is 2.14 bits per heavy atom. The minimum atomic E-state index is 0.265. The fourth-order valence-electron chi connectivity index (χ4n) is 3.53. The molecule has 0 unspecified atom stereocenters. The number of aliphatic imine (C=N–C) groups is 1. The van der Waals surface area contributed by atoms with Crippen LogP contribution in [-0.2, 0) is 20.1 Å². The maximum absolute atomic E-state index is 6.33. The van der Waals surface area contributed by atoms with Crippen LogP contribution in [0.15, 0.2) is 29.5 Å². The average Bonchev–Trinajstić information content (AvgIpc) is 3.38. The fraction of sp³-hybridized carbons (Fsp3) is 0.571. The number of benzene rings is 1. The summed E-state index contributed by atoms with van der Waals surface area (Å²) in [4.78, 5) is 11.2. The van der Waals surface area contributed by atoms with Gasteiger partial charge in [0.05, 0.1) is 26.3 Å². The molecule has 0 spiro atoms. The first-order chi connectivity index (χ1) is 14.1. The van der Waals surface area contributed by atoms with E-state index in [1.807, 2.05) is 31.1 Å². The highest BCUT2D eigenvalue weighted by Gasteiger charge is 2.20. The maximum Gasteiger partial charge on any atom is 0.194 e. The molecule has 1 saturated carbocycles. The highest BCUT2D eigenvalue weighted by Crippen LogP contribution is 2.35. The number of ether oxygens (including phenoxy) is 2. The SMILES string of the molecule is CCNC(=NCc1cccc(OC)c1OC1CCCC1)N(C)Cc1ncnn1C. The monoisotopic (exact) mass is 400 g/mol. The molecule has 8 heteroatoms. The topological polar surface area (TPSA) is 76.8 Å². The molecule has 3 rings (SSSR count). The number of hydrogen-bond acceptors (Lipinski definition) is 5. The molecule has 29 heavy (non-hydrogen) atoms. The Morgan fingerprint density at radius 1 is 1.34 bits per heavy atom. The molecule has 0 radical (unpaired) electrons. The molecule has 1 aliphatic carbocycles. The van der Waals surface area contributed by atoms with Crippen LogP contribution in [-0.4, -0.2) is 52.4 Å². The lowest BCUT2D eigenvalue weighted by Crippen LogP contribution is -2.39. The van der Waals surface area contributed by atoms with Gasteiger partial charge in [0.15, 0.2) is 17.5 Å². The molecular weight excluding hydrogens is 368 g/mol. The summed E-state index contributed by atoms with van der Waals surface area (Å²) in [5.41, 5.74) is 1.03. The van der Waals surface area contributed by atoms with Crippen molar-refractivity contribution < 1.29 is 9.47 Å². The molecule has 2 aromatic rings. The summed E-state index contributed by atoms with van der Waals surface area (Å²) < 4.78 is 13.7. The summed E-state index contributed by atoms with van der Waals surface area (Å²) in [7, 11) is 5.57. The Bertz CT molecular complexity index is 813. The molecule has 1 fully saturated rings.